The Kier molecular flexibility index (Phi) is 6.02. The van der Waals surface area contributed by atoms with Crippen LogP contribution in [0.2, 0.25) is 0 Å². The molecule has 2 spiro atoms. The highest BCUT2D eigenvalue weighted by molar-refractivity contribution is 5.66. The highest BCUT2D eigenvalue weighted by Gasteiger charge is 2.82. The number of methoxy groups -OCH3 is 1. The number of benzene rings is 1. The summed E-state index contributed by atoms with van der Waals surface area (Å²) in [4.78, 5) is 12.2. The molecule has 0 radical (unpaired) electrons. The predicted molar refractivity (Wildman–Crippen MR) is 148 cm³/mol. The lowest BCUT2D eigenvalue weighted by molar-refractivity contribution is -0.312. The Morgan fingerprint density at radius 2 is 1.87 bits per heavy atom. The summed E-state index contributed by atoms with van der Waals surface area (Å²) < 4.78 is 13.5. The summed E-state index contributed by atoms with van der Waals surface area (Å²) in [5, 5.41) is 30.9. The number of aliphatic carboxylic acids is 1. The van der Waals surface area contributed by atoms with E-state index in [0.717, 1.165) is 44.6 Å². The van der Waals surface area contributed by atoms with Crippen LogP contribution in [-0.4, -0.2) is 69.7 Å². The van der Waals surface area contributed by atoms with Crippen molar-refractivity contribution in [3.05, 3.63) is 23.3 Å². The molecule has 0 amide bonds. The van der Waals surface area contributed by atoms with Gasteiger partial charge in [0.05, 0.1) is 5.60 Å². The molecule has 4 bridgehead atoms. The van der Waals surface area contributed by atoms with E-state index in [2.05, 4.69) is 31.7 Å². The summed E-state index contributed by atoms with van der Waals surface area (Å²) >= 11 is 0. The predicted octanol–water partition coefficient (Wildman–Crippen LogP) is 4.89. The van der Waals surface area contributed by atoms with Gasteiger partial charge >= 0.3 is 5.97 Å². The van der Waals surface area contributed by atoms with Crippen LogP contribution < -0.4 is 4.74 Å². The molecule has 39 heavy (non-hydrogen) atoms. The summed E-state index contributed by atoms with van der Waals surface area (Å²) in [6.45, 7) is 12.4. The van der Waals surface area contributed by atoms with Gasteiger partial charge in [-0.15, -0.1) is 0 Å². The first-order valence-corrected chi connectivity index (χ1v) is 15.0. The zero-order valence-corrected chi connectivity index (χ0v) is 24.5. The van der Waals surface area contributed by atoms with Gasteiger partial charge in [0, 0.05) is 48.4 Å². The van der Waals surface area contributed by atoms with Gasteiger partial charge < -0.3 is 24.8 Å². The lowest BCUT2D eigenvalue weighted by Gasteiger charge is -2.75. The number of ether oxygens (including phenoxy) is 2. The Morgan fingerprint density at radius 1 is 1.18 bits per heavy atom. The molecule has 2 heterocycles. The van der Waals surface area contributed by atoms with Gasteiger partial charge in [-0.1, -0.05) is 33.8 Å². The van der Waals surface area contributed by atoms with E-state index in [0.29, 0.717) is 11.8 Å². The number of hydrogen-bond donors (Lipinski definition) is 3. The molecule has 216 valence electrons. The van der Waals surface area contributed by atoms with E-state index in [1.807, 2.05) is 20.1 Å². The number of fused-ring (bicyclic) bond motifs is 2. The Labute approximate surface area is 232 Å². The van der Waals surface area contributed by atoms with Crippen LogP contribution in [0.3, 0.4) is 0 Å². The zero-order chi connectivity index (χ0) is 28.2. The van der Waals surface area contributed by atoms with Crippen LogP contribution in [0.4, 0.5) is 0 Å². The molecule has 1 aromatic carbocycles. The number of hydrogen-bond acceptors (Lipinski definition) is 6. The molecule has 1 saturated heterocycles. The van der Waals surface area contributed by atoms with Gasteiger partial charge in [0.25, 0.3) is 0 Å². The zero-order valence-electron chi connectivity index (χ0n) is 24.5. The number of phenolic OH excluding ortho intramolecular Hbond substituents is 1. The number of aromatic hydroxyl groups is 1. The fourth-order valence-electron chi connectivity index (χ4n) is 9.58. The van der Waals surface area contributed by atoms with Crippen molar-refractivity contribution >= 4 is 5.97 Å². The van der Waals surface area contributed by atoms with Crippen molar-refractivity contribution in [3.63, 3.8) is 0 Å². The van der Waals surface area contributed by atoms with Crippen LogP contribution in [-0.2, 0) is 21.4 Å². The first-order chi connectivity index (χ1) is 18.3. The summed E-state index contributed by atoms with van der Waals surface area (Å²) in [6.07, 6.45) is 7.86. The first-order valence-electron chi connectivity index (χ1n) is 15.0. The average molecular weight is 542 g/mol. The smallest absolute Gasteiger partial charge is 0.303 e. The third kappa shape index (κ3) is 3.42. The molecule has 7 nitrogen and oxygen atoms in total. The van der Waals surface area contributed by atoms with Crippen molar-refractivity contribution in [1.82, 2.24) is 4.90 Å². The van der Waals surface area contributed by atoms with E-state index in [-0.39, 0.29) is 40.4 Å². The molecular weight excluding hydrogens is 494 g/mol. The van der Waals surface area contributed by atoms with Gasteiger partial charge in [-0.3, -0.25) is 9.69 Å². The number of carbonyl (C=O) groups is 1. The highest BCUT2D eigenvalue weighted by atomic mass is 16.6. The molecular formula is C32H47NO6. The molecule has 3 N–H and O–H groups in total. The summed E-state index contributed by atoms with van der Waals surface area (Å²) in [6, 6.07) is 4.46. The second kappa shape index (κ2) is 8.59. The maximum absolute atomic E-state index is 12.2. The van der Waals surface area contributed by atoms with E-state index < -0.39 is 17.2 Å². The van der Waals surface area contributed by atoms with Crippen molar-refractivity contribution in [1.29, 1.82) is 0 Å². The average Bonchev–Trinajstić information content (AvgIpc) is 3.63. The monoisotopic (exact) mass is 541 g/mol. The number of piperidine rings is 1. The Bertz CT molecular complexity index is 1170. The first kappa shape index (κ1) is 27.3. The highest BCUT2D eigenvalue weighted by Crippen LogP contribution is 2.78. The van der Waals surface area contributed by atoms with Gasteiger partial charge in [-0.2, -0.15) is 0 Å². The van der Waals surface area contributed by atoms with Crippen LogP contribution in [0.25, 0.3) is 0 Å². The van der Waals surface area contributed by atoms with Crippen molar-refractivity contribution < 1.29 is 29.6 Å². The standard InChI is InChI=1S/C29H41NO4.C3H6O2/c1-25(2,3)26(4,32)20-15-27-10-11-29(20,33-5)24-28(27)12-13-30(16-17-6-7-17)21(27)14-18-8-9-19(31)23(34-24)22(18)28;1-2-3(4)5/h8-9,17,20-21,24,31-32H,6-7,10-16H2,1-5H3;2H2,1H3,(H,4,5)/t20-,21-,24-,26+,27-,28+,29+;/m1./s1. The Morgan fingerprint density at radius 3 is 2.46 bits per heavy atom. The normalized spacial score (nSPS) is 39.2. The third-order valence-corrected chi connectivity index (χ3v) is 12.2. The molecule has 7 atom stereocenters. The number of phenols is 1. The molecule has 2 aliphatic heterocycles. The maximum atomic E-state index is 12.2. The van der Waals surface area contributed by atoms with Crippen LogP contribution in [0, 0.1) is 22.7 Å². The van der Waals surface area contributed by atoms with Gasteiger partial charge in [-0.25, -0.2) is 0 Å². The summed E-state index contributed by atoms with van der Waals surface area (Å²) in [7, 11) is 1.83. The summed E-state index contributed by atoms with van der Waals surface area (Å²) in [5.41, 5.74) is 0.783. The fourth-order valence-corrected chi connectivity index (χ4v) is 9.58. The van der Waals surface area contributed by atoms with E-state index >= 15 is 0 Å². The lowest BCUT2D eigenvalue weighted by Crippen LogP contribution is -2.83. The second-order valence-electron chi connectivity index (χ2n) is 14.5. The molecule has 7 heteroatoms. The number of aliphatic hydroxyl groups is 1. The lowest BCUT2D eigenvalue weighted by atomic mass is 9.33. The van der Waals surface area contributed by atoms with E-state index in [9.17, 15) is 15.0 Å². The van der Waals surface area contributed by atoms with Crippen molar-refractivity contribution in [2.45, 2.75) is 115 Å². The van der Waals surface area contributed by atoms with Crippen molar-refractivity contribution in [2.75, 3.05) is 20.2 Å². The number of rotatable bonds is 5. The van der Waals surface area contributed by atoms with E-state index in [1.165, 1.54) is 30.5 Å². The largest absolute Gasteiger partial charge is 0.504 e. The van der Waals surface area contributed by atoms with Crippen LogP contribution in [0.15, 0.2) is 12.1 Å². The molecule has 5 aliphatic carbocycles. The van der Waals surface area contributed by atoms with Crippen LogP contribution >= 0.6 is 0 Å². The molecule has 4 saturated carbocycles. The number of nitrogens with zero attached hydrogens (tertiary/aromatic N) is 1. The van der Waals surface area contributed by atoms with Crippen LogP contribution in [0.5, 0.6) is 11.5 Å². The summed E-state index contributed by atoms with van der Waals surface area (Å²) in [5.74, 6) is 1.06. The second-order valence-corrected chi connectivity index (χ2v) is 14.5. The molecule has 0 unspecified atom stereocenters. The minimum Gasteiger partial charge on any atom is -0.504 e. The van der Waals surface area contributed by atoms with Crippen molar-refractivity contribution in [3.8, 4) is 11.5 Å². The Hall–Kier alpha value is -1.83. The molecule has 0 aromatic heterocycles. The SMILES string of the molecule is CCC(=O)O.CO[C@@]12CC[C@@]3(C[C@@H]1[C@](C)(O)C(C)(C)C)[C@H]1Cc4ccc(O)c5c4[C@@]3(CCN1CC1CC1)[C@H]2O5. The third-order valence-electron chi connectivity index (χ3n) is 12.2. The fraction of sp³-hybridized carbons (Fsp3) is 0.781. The molecule has 5 fully saturated rings. The van der Waals surface area contributed by atoms with Gasteiger partial charge in [-0.05, 0) is 81.4 Å². The Balaban J connectivity index is 0.000000510. The quantitative estimate of drug-likeness (QED) is 0.488. The molecule has 1 aromatic rings. The number of likely N-dealkylation sites (tertiary alicyclic amines) is 1. The number of carboxylic acid groups (broad SMARTS) is 1. The van der Waals surface area contributed by atoms with Crippen LogP contribution in [0.1, 0.15) is 90.7 Å². The van der Waals surface area contributed by atoms with Gasteiger partial charge in [0.1, 0.15) is 11.7 Å². The topological polar surface area (TPSA) is 99.5 Å². The number of carboxylic acids is 1. The van der Waals surface area contributed by atoms with E-state index in [4.69, 9.17) is 14.6 Å². The van der Waals surface area contributed by atoms with E-state index in [1.54, 1.807) is 6.92 Å². The minimum absolute atomic E-state index is 0.0294. The van der Waals surface area contributed by atoms with Crippen molar-refractivity contribution in [2.24, 2.45) is 22.7 Å². The van der Waals surface area contributed by atoms with Gasteiger partial charge in [0.2, 0.25) is 0 Å². The van der Waals surface area contributed by atoms with Gasteiger partial charge in [0.15, 0.2) is 11.5 Å². The molecule has 8 rings (SSSR count). The minimum atomic E-state index is -0.909. The molecule has 7 aliphatic rings. The maximum Gasteiger partial charge on any atom is 0.303 e.